The number of hydrogen-bond acceptors (Lipinski definition) is 8. The van der Waals surface area contributed by atoms with E-state index in [1.54, 1.807) is 13.1 Å². The number of fused-ring (bicyclic) bond motifs is 1. The summed E-state index contributed by atoms with van der Waals surface area (Å²) in [5, 5.41) is 13.6. The summed E-state index contributed by atoms with van der Waals surface area (Å²) in [5.41, 5.74) is 1.64. The second-order valence-electron chi connectivity index (χ2n) is 8.70. The summed E-state index contributed by atoms with van der Waals surface area (Å²) in [6, 6.07) is 4.67. The zero-order valence-electron chi connectivity index (χ0n) is 20.5. The number of aryl methyl sites for hydroxylation is 2. The van der Waals surface area contributed by atoms with Crippen molar-refractivity contribution >= 4 is 21.1 Å². The van der Waals surface area contributed by atoms with Gasteiger partial charge in [-0.2, -0.15) is 9.40 Å². The molecule has 1 aliphatic rings. The van der Waals surface area contributed by atoms with Crippen LogP contribution in [0.3, 0.4) is 0 Å². The van der Waals surface area contributed by atoms with Gasteiger partial charge in [-0.3, -0.25) is 14.4 Å². The predicted molar refractivity (Wildman–Crippen MR) is 132 cm³/mol. The van der Waals surface area contributed by atoms with Gasteiger partial charge in [0, 0.05) is 32.7 Å². The van der Waals surface area contributed by atoms with Crippen molar-refractivity contribution < 1.29 is 18.3 Å². The molecule has 1 fully saturated rings. The zero-order valence-corrected chi connectivity index (χ0v) is 21.3. The number of aromatic nitrogens is 4. The molecule has 0 atom stereocenters. The lowest BCUT2D eigenvalue weighted by Crippen LogP contribution is -2.60. The molecule has 1 aliphatic heterocycles. The van der Waals surface area contributed by atoms with Gasteiger partial charge in [0.1, 0.15) is 17.1 Å². The topological polar surface area (TPSA) is 134 Å². The van der Waals surface area contributed by atoms with Crippen LogP contribution in [-0.4, -0.2) is 88.4 Å². The molecule has 0 radical (unpaired) electrons. The maximum Gasteiger partial charge on any atom is 0.277 e. The largest absolute Gasteiger partial charge is 0.493 e. The summed E-state index contributed by atoms with van der Waals surface area (Å²) < 4.78 is 35.3. The number of likely N-dealkylation sites (N-methyl/N-ethyl adjacent to an activating group) is 1. The van der Waals surface area contributed by atoms with Gasteiger partial charge >= 0.3 is 0 Å². The van der Waals surface area contributed by atoms with Crippen LogP contribution in [0.4, 0.5) is 0 Å². The van der Waals surface area contributed by atoms with Gasteiger partial charge in [0.2, 0.25) is 10.0 Å². The molecule has 190 valence electrons. The number of sulfonamides is 1. The normalized spacial score (nSPS) is 15.1. The van der Waals surface area contributed by atoms with E-state index in [0.717, 1.165) is 12.1 Å². The first-order valence-electron chi connectivity index (χ1n) is 11.8. The third kappa shape index (κ3) is 4.70. The van der Waals surface area contributed by atoms with Crippen molar-refractivity contribution in [3.63, 3.8) is 0 Å². The summed E-state index contributed by atoms with van der Waals surface area (Å²) in [5.74, 6) is 0.663. The molecule has 35 heavy (non-hydrogen) atoms. The molecule has 0 bridgehead atoms. The lowest BCUT2D eigenvalue weighted by Gasteiger charge is -2.42. The molecule has 4 rings (SSSR count). The van der Waals surface area contributed by atoms with Gasteiger partial charge in [-0.1, -0.05) is 13.3 Å². The van der Waals surface area contributed by atoms with E-state index >= 15 is 0 Å². The summed E-state index contributed by atoms with van der Waals surface area (Å²) in [4.78, 5) is 22.5. The van der Waals surface area contributed by atoms with E-state index in [2.05, 4.69) is 15.1 Å². The van der Waals surface area contributed by atoms with E-state index in [-0.39, 0.29) is 28.9 Å². The van der Waals surface area contributed by atoms with E-state index in [0.29, 0.717) is 55.0 Å². The molecule has 0 saturated carbocycles. The summed E-state index contributed by atoms with van der Waals surface area (Å²) in [7, 11) is -0.191. The molecule has 0 aliphatic carbocycles. The minimum Gasteiger partial charge on any atom is -0.493 e. The maximum absolute atomic E-state index is 13.3. The monoisotopic (exact) mass is 504 g/mol. The fraction of sp³-hybridized carbons (Fsp3) is 0.522. The standard InChI is InChI=1S/C23H32N6O5S/c1-5-7-18-20-21(28(4)26-18)23(31)25-22(24-20)17-12-16(8-9-19(17)34-6-2)35(32,33)29-13-15(14-29)27(3)10-11-30/h8-9,12,15,30H,5-7,10-11,13-14H2,1-4H3,(H,24,25,31). The van der Waals surface area contributed by atoms with E-state index in [4.69, 9.17) is 9.84 Å². The van der Waals surface area contributed by atoms with Crippen LogP contribution < -0.4 is 10.3 Å². The first kappa shape index (κ1) is 25.3. The van der Waals surface area contributed by atoms with Crippen LogP contribution in [0, 0.1) is 0 Å². The Bertz CT molecular complexity index is 1380. The van der Waals surface area contributed by atoms with Crippen LogP contribution in [0.5, 0.6) is 5.75 Å². The predicted octanol–water partition coefficient (Wildman–Crippen LogP) is 0.972. The van der Waals surface area contributed by atoms with E-state index < -0.39 is 10.0 Å². The molecule has 0 unspecified atom stereocenters. The van der Waals surface area contributed by atoms with Crippen molar-refractivity contribution in [2.45, 2.75) is 37.6 Å². The van der Waals surface area contributed by atoms with Crippen molar-refractivity contribution in [1.82, 2.24) is 29.0 Å². The maximum atomic E-state index is 13.3. The third-order valence-electron chi connectivity index (χ3n) is 6.30. The Hall–Kier alpha value is -2.80. The van der Waals surface area contributed by atoms with Crippen LogP contribution in [0.25, 0.3) is 22.4 Å². The summed E-state index contributed by atoms with van der Waals surface area (Å²) >= 11 is 0. The van der Waals surface area contributed by atoms with E-state index in [1.165, 1.54) is 21.1 Å². The highest BCUT2D eigenvalue weighted by Crippen LogP contribution is 2.33. The molecule has 3 aromatic rings. The number of nitrogens with zero attached hydrogens (tertiary/aromatic N) is 5. The van der Waals surface area contributed by atoms with Crippen molar-refractivity contribution in [3.8, 4) is 17.1 Å². The highest BCUT2D eigenvalue weighted by atomic mass is 32.2. The molecule has 2 aromatic heterocycles. The molecule has 0 amide bonds. The molecule has 2 N–H and O–H groups in total. The fourth-order valence-electron chi connectivity index (χ4n) is 4.30. The lowest BCUT2D eigenvalue weighted by molar-refractivity contribution is 0.0933. The van der Waals surface area contributed by atoms with Crippen molar-refractivity contribution in [2.75, 3.05) is 39.9 Å². The van der Waals surface area contributed by atoms with Crippen molar-refractivity contribution in [2.24, 2.45) is 7.05 Å². The molecule has 11 nitrogen and oxygen atoms in total. The Labute approximate surface area is 204 Å². The lowest BCUT2D eigenvalue weighted by atomic mass is 10.1. The molecule has 1 saturated heterocycles. The molecule has 3 heterocycles. The van der Waals surface area contributed by atoms with E-state index in [1.807, 2.05) is 25.8 Å². The minimum absolute atomic E-state index is 0.0223. The smallest absolute Gasteiger partial charge is 0.277 e. The van der Waals surface area contributed by atoms with Crippen LogP contribution in [0.1, 0.15) is 26.0 Å². The Morgan fingerprint density at radius 1 is 1.29 bits per heavy atom. The number of rotatable bonds is 10. The molecular formula is C23H32N6O5S. The van der Waals surface area contributed by atoms with Gasteiger partial charge in [-0.05, 0) is 38.6 Å². The summed E-state index contributed by atoms with van der Waals surface area (Å²) in [6.07, 6.45) is 1.51. The van der Waals surface area contributed by atoms with Gasteiger partial charge in [-0.25, -0.2) is 13.4 Å². The number of nitrogens with one attached hydrogen (secondary N) is 1. The summed E-state index contributed by atoms with van der Waals surface area (Å²) in [6.45, 7) is 5.42. The highest BCUT2D eigenvalue weighted by Gasteiger charge is 2.38. The van der Waals surface area contributed by atoms with Gasteiger partial charge in [-0.15, -0.1) is 0 Å². The van der Waals surface area contributed by atoms with Crippen LogP contribution in [0.15, 0.2) is 27.9 Å². The first-order chi connectivity index (χ1) is 16.7. The van der Waals surface area contributed by atoms with Crippen LogP contribution in [0.2, 0.25) is 0 Å². The van der Waals surface area contributed by atoms with Gasteiger partial charge < -0.3 is 14.8 Å². The number of aliphatic hydroxyl groups excluding tert-OH is 1. The Balaban J connectivity index is 1.75. The molecule has 1 aromatic carbocycles. The van der Waals surface area contributed by atoms with Crippen LogP contribution in [-0.2, 0) is 23.5 Å². The fourth-order valence-corrected chi connectivity index (χ4v) is 5.84. The van der Waals surface area contributed by atoms with Crippen molar-refractivity contribution in [3.05, 3.63) is 34.2 Å². The van der Waals surface area contributed by atoms with Gasteiger partial charge in [0.15, 0.2) is 5.52 Å². The minimum atomic E-state index is -3.76. The first-order valence-corrected chi connectivity index (χ1v) is 13.2. The van der Waals surface area contributed by atoms with Crippen molar-refractivity contribution in [1.29, 1.82) is 0 Å². The number of hydrogen-bond donors (Lipinski definition) is 2. The average molecular weight is 505 g/mol. The number of benzene rings is 1. The highest BCUT2D eigenvalue weighted by molar-refractivity contribution is 7.89. The number of aliphatic hydroxyl groups is 1. The van der Waals surface area contributed by atoms with E-state index in [9.17, 15) is 13.2 Å². The molecular weight excluding hydrogens is 472 g/mol. The average Bonchev–Trinajstić information content (AvgIpc) is 3.09. The molecule has 0 spiro atoms. The second-order valence-corrected chi connectivity index (χ2v) is 10.6. The SMILES string of the molecule is CCCc1nn(C)c2c(=O)[nH]c(-c3cc(S(=O)(=O)N4CC(N(C)CCO)C4)ccc3OCC)nc12. The molecule has 12 heteroatoms. The van der Waals surface area contributed by atoms with Gasteiger partial charge in [0.05, 0.1) is 29.4 Å². The Kier molecular flexibility index (Phi) is 7.27. The van der Waals surface area contributed by atoms with Gasteiger partial charge in [0.25, 0.3) is 5.56 Å². The Morgan fingerprint density at radius 3 is 2.69 bits per heavy atom. The second kappa shape index (κ2) is 10.1. The number of ether oxygens (including phenoxy) is 1. The number of aromatic amines is 1. The number of H-pyrrole nitrogens is 1. The quantitative estimate of drug-likeness (QED) is 0.417. The zero-order chi connectivity index (χ0) is 25.3. The van der Waals surface area contributed by atoms with Crippen LogP contribution >= 0.6 is 0 Å². The Morgan fingerprint density at radius 2 is 2.03 bits per heavy atom. The third-order valence-corrected chi connectivity index (χ3v) is 8.13.